The first kappa shape index (κ1) is 12.3. The Morgan fingerprint density at radius 2 is 2.11 bits per heavy atom. The van der Waals surface area contributed by atoms with E-state index in [0.29, 0.717) is 16.1 Å². The summed E-state index contributed by atoms with van der Waals surface area (Å²) in [5, 5.41) is 11.0. The Morgan fingerprint density at radius 1 is 1.37 bits per heavy atom. The minimum atomic E-state index is -0.401. The quantitative estimate of drug-likeness (QED) is 0.684. The lowest BCUT2D eigenvalue weighted by Crippen LogP contribution is -2.25. The van der Waals surface area contributed by atoms with Crippen LogP contribution in [0.5, 0.6) is 5.88 Å². The molecule has 7 heteroatoms. The number of nitrogens with one attached hydrogen (secondary N) is 2. The zero-order valence-corrected chi connectivity index (χ0v) is 12.1. The van der Waals surface area contributed by atoms with Gasteiger partial charge < -0.3 is 15.1 Å². The Kier molecular flexibility index (Phi) is 2.68. The number of imidazole rings is 1. The van der Waals surface area contributed by atoms with Crippen molar-refractivity contribution in [1.29, 1.82) is 0 Å². The van der Waals surface area contributed by atoms with Crippen LogP contribution in [0.25, 0.3) is 5.57 Å². The molecule has 0 fully saturated rings. The largest absolute Gasteiger partial charge is 0.493 e. The summed E-state index contributed by atoms with van der Waals surface area (Å²) >= 11 is 8.30. The second-order valence-corrected chi connectivity index (χ2v) is 5.50. The van der Waals surface area contributed by atoms with Crippen molar-refractivity contribution in [3.05, 3.63) is 43.2 Å². The number of carbonyl (C=O) groups excluding carboxylic acids is 1. The lowest BCUT2D eigenvalue weighted by atomic mass is 10.1. The van der Waals surface area contributed by atoms with E-state index in [2.05, 4.69) is 30.9 Å². The first-order valence-electron chi connectivity index (χ1n) is 5.42. The lowest BCUT2D eigenvalue weighted by Gasteiger charge is -1.98. The molecule has 2 heterocycles. The molecule has 0 saturated heterocycles. The Balaban J connectivity index is 2.49. The van der Waals surface area contributed by atoms with Crippen LogP contribution in [0.1, 0.15) is 11.3 Å². The summed E-state index contributed by atoms with van der Waals surface area (Å²) in [5.41, 5.74) is 1.58. The number of amides is 1. The zero-order valence-electron chi connectivity index (χ0n) is 9.74. The van der Waals surface area contributed by atoms with Gasteiger partial charge in [0.15, 0.2) is 4.77 Å². The molecule has 0 saturated carbocycles. The molecule has 0 radical (unpaired) electrons. The number of aryl methyl sites for hydroxylation is 1. The van der Waals surface area contributed by atoms with E-state index in [4.69, 9.17) is 12.2 Å². The second kappa shape index (κ2) is 4.14. The maximum absolute atomic E-state index is 12.1. The van der Waals surface area contributed by atoms with E-state index in [9.17, 15) is 9.90 Å². The fourth-order valence-corrected chi connectivity index (χ4v) is 2.97. The number of fused-ring (bicyclic) bond motifs is 1. The number of H-pyrrole nitrogens is 2. The van der Waals surface area contributed by atoms with Crippen molar-refractivity contribution >= 4 is 39.6 Å². The highest BCUT2D eigenvalue weighted by Crippen LogP contribution is 2.22. The molecule has 0 spiro atoms. The predicted molar refractivity (Wildman–Crippen MR) is 74.8 cm³/mol. The Hall–Kier alpha value is -1.73. The van der Waals surface area contributed by atoms with Crippen LogP contribution in [0.4, 0.5) is 0 Å². The van der Waals surface area contributed by atoms with Gasteiger partial charge in [-0.05, 0) is 52.8 Å². The summed E-state index contributed by atoms with van der Waals surface area (Å²) in [5.74, 6) is -0.559. The third-order valence-electron chi connectivity index (χ3n) is 2.86. The van der Waals surface area contributed by atoms with Crippen LogP contribution in [-0.2, 0) is 4.79 Å². The first-order valence-corrected chi connectivity index (χ1v) is 6.62. The van der Waals surface area contributed by atoms with E-state index in [1.54, 1.807) is 0 Å². The fourth-order valence-electron chi connectivity index (χ4n) is 2.11. The molecule has 1 amide bonds. The normalized spacial score (nSPS) is 13.6. The highest BCUT2D eigenvalue weighted by atomic mass is 79.9. The maximum Gasteiger partial charge on any atom is 0.280 e. The Labute approximate surface area is 120 Å². The van der Waals surface area contributed by atoms with Crippen LogP contribution < -0.4 is 10.6 Å². The smallest absolute Gasteiger partial charge is 0.280 e. The number of aromatic nitrogens is 2. The molecule has 0 aliphatic carbocycles. The van der Waals surface area contributed by atoms with Crippen LogP contribution in [-0.4, -0.2) is 21.0 Å². The SMILES string of the molecule is Cc1cc(Br)c2c(c1)=C(c1[nH]c(=S)[nH]c1O)C(=O)N=2. The molecule has 1 aromatic heterocycles. The molecule has 1 aliphatic heterocycles. The van der Waals surface area contributed by atoms with Gasteiger partial charge in [-0.2, -0.15) is 0 Å². The molecule has 1 aromatic carbocycles. The van der Waals surface area contributed by atoms with Crippen molar-refractivity contribution in [2.45, 2.75) is 6.92 Å². The van der Waals surface area contributed by atoms with Gasteiger partial charge in [0.1, 0.15) is 5.69 Å². The van der Waals surface area contributed by atoms with Crippen LogP contribution in [0.15, 0.2) is 21.6 Å². The molecular formula is C12H8BrN3O2S. The molecule has 3 N–H and O–H groups in total. The van der Waals surface area contributed by atoms with E-state index in [0.717, 1.165) is 10.0 Å². The summed E-state index contributed by atoms with van der Waals surface area (Å²) in [6.07, 6.45) is 0. The molecule has 19 heavy (non-hydrogen) atoms. The van der Waals surface area contributed by atoms with Gasteiger partial charge in [-0.1, -0.05) is 0 Å². The van der Waals surface area contributed by atoms with Gasteiger partial charge in [0.2, 0.25) is 5.88 Å². The van der Waals surface area contributed by atoms with Crippen LogP contribution in [0, 0.1) is 11.7 Å². The third-order valence-corrected chi connectivity index (χ3v) is 3.67. The van der Waals surface area contributed by atoms with E-state index in [1.165, 1.54) is 0 Å². The topological polar surface area (TPSA) is 81.2 Å². The fraction of sp³-hybridized carbons (Fsp3) is 0.0833. The molecule has 0 atom stereocenters. The number of nitrogens with zero attached hydrogens (tertiary/aromatic N) is 1. The van der Waals surface area contributed by atoms with Crippen molar-refractivity contribution in [3.63, 3.8) is 0 Å². The molecule has 5 nitrogen and oxygen atoms in total. The highest BCUT2D eigenvalue weighted by Gasteiger charge is 2.23. The summed E-state index contributed by atoms with van der Waals surface area (Å²) < 4.78 is 1.01. The lowest BCUT2D eigenvalue weighted by molar-refractivity contribution is -0.112. The number of rotatable bonds is 1. The van der Waals surface area contributed by atoms with Gasteiger partial charge in [-0.3, -0.25) is 4.79 Å². The van der Waals surface area contributed by atoms with Gasteiger partial charge in [0.25, 0.3) is 5.91 Å². The number of halogens is 1. The maximum atomic E-state index is 12.1. The van der Waals surface area contributed by atoms with E-state index in [-0.39, 0.29) is 16.3 Å². The summed E-state index contributed by atoms with van der Waals surface area (Å²) in [6.45, 7) is 1.92. The second-order valence-electron chi connectivity index (χ2n) is 4.24. The standard InChI is InChI=1S/C12H8BrN3O2S/c1-4-2-5-7(9-11(18)16-12(19)15-9)10(17)14-8(5)6(13)3-4/h2-3,18H,1H3,(H2,15,16,19). The van der Waals surface area contributed by atoms with Gasteiger partial charge in [0, 0.05) is 9.69 Å². The average molecular weight is 338 g/mol. The van der Waals surface area contributed by atoms with E-state index in [1.807, 2.05) is 19.1 Å². The monoisotopic (exact) mass is 337 g/mol. The van der Waals surface area contributed by atoms with Crippen molar-refractivity contribution in [2.75, 3.05) is 0 Å². The molecule has 0 unspecified atom stereocenters. The molecule has 96 valence electrons. The summed E-state index contributed by atoms with van der Waals surface area (Å²) in [4.78, 5) is 21.4. The predicted octanol–water partition coefficient (Wildman–Crippen LogP) is 1.21. The van der Waals surface area contributed by atoms with Gasteiger partial charge in [-0.25, -0.2) is 4.99 Å². The minimum absolute atomic E-state index is 0.158. The summed E-state index contributed by atoms with van der Waals surface area (Å²) in [7, 11) is 0. The van der Waals surface area contributed by atoms with Gasteiger partial charge in [-0.15, -0.1) is 0 Å². The number of hydrogen-bond acceptors (Lipinski definition) is 3. The first-order chi connectivity index (χ1) is 8.97. The van der Waals surface area contributed by atoms with Crippen molar-refractivity contribution in [2.24, 2.45) is 4.99 Å². The molecule has 3 rings (SSSR count). The van der Waals surface area contributed by atoms with Crippen molar-refractivity contribution in [3.8, 4) is 5.88 Å². The molecule has 2 aromatic rings. The van der Waals surface area contributed by atoms with Crippen LogP contribution in [0.2, 0.25) is 0 Å². The number of aromatic hydroxyl groups is 1. The van der Waals surface area contributed by atoms with E-state index < -0.39 is 5.91 Å². The number of hydrogen-bond donors (Lipinski definition) is 3. The minimum Gasteiger partial charge on any atom is -0.493 e. The van der Waals surface area contributed by atoms with Gasteiger partial charge >= 0.3 is 0 Å². The van der Waals surface area contributed by atoms with Crippen molar-refractivity contribution < 1.29 is 9.90 Å². The van der Waals surface area contributed by atoms with Crippen molar-refractivity contribution in [1.82, 2.24) is 9.97 Å². The molecular weight excluding hydrogens is 330 g/mol. The Bertz CT molecular complexity index is 895. The zero-order chi connectivity index (χ0) is 13.7. The Morgan fingerprint density at radius 3 is 2.74 bits per heavy atom. The average Bonchev–Trinajstić information content (AvgIpc) is 2.78. The molecule has 1 aliphatic rings. The number of benzene rings is 1. The summed E-state index contributed by atoms with van der Waals surface area (Å²) in [6, 6.07) is 3.74. The van der Waals surface area contributed by atoms with E-state index >= 15 is 0 Å². The number of carbonyl (C=O) groups is 1. The third kappa shape index (κ3) is 1.85. The van der Waals surface area contributed by atoms with Gasteiger partial charge in [0.05, 0.1) is 10.9 Å². The van der Waals surface area contributed by atoms with Crippen LogP contribution >= 0.6 is 28.1 Å². The van der Waals surface area contributed by atoms with Crippen LogP contribution in [0.3, 0.4) is 0 Å². The molecule has 0 bridgehead atoms. The highest BCUT2D eigenvalue weighted by molar-refractivity contribution is 9.10. The number of aromatic amines is 2.